The monoisotopic (exact) mass is 226 g/mol. The van der Waals surface area contributed by atoms with Crippen LogP contribution in [-0.2, 0) is 4.74 Å². The van der Waals surface area contributed by atoms with E-state index in [1.807, 2.05) is 0 Å². The van der Waals surface area contributed by atoms with Crippen LogP contribution in [0.3, 0.4) is 0 Å². The Labute approximate surface area is 99.5 Å². The normalized spacial score (nSPS) is 37.9. The van der Waals surface area contributed by atoms with Crippen molar-refractivity contribution in [2.45, 2.75) is 52.3 Å². The average molecular weight is 226 g/mol. The van der Waals surface area contributed by atoms with Gasteiger partial charge in [0.1, 0.15) is 0 Å². The zero-order valence-corrected chi connectivity index (χ0v) is 11.1. The standard InChI is InChI=1S/C13H26N2O/c1-10-11(5-8-16-10)15-7-6-14-12(9-15)13(2,3)4/h10-12,14H,5-9H2,1-4H3. The van der Waals surface area contributed by atoms with Gasteiger partial charge in [0.15, 0.2) is 0 Å². The fraction of sp³-hybridized carbons (Fsp3) is 1.00. The molecule has 2 heterocycles. The van der Waals surface area contributed by atoms with Gasteiger partial charge in [-0.05, 0) is 18.8 Å². The van der Waals surface area contributed by atoms with Crippen LogP contribution in [0, 0.1) is 5.41 Å². The summed E-state index contributed by atoms with van der Waals surface area (Å²) in [5, 5.41) is 3.64. The second kappa shape index (κ2) is 4.63. The van der Waals surface area contributed by atoms with Crippen LogP contribution in [-0.4, -0.2) is 49.3 Å². The minimum absolute atomic E-state index is 0.349. The summed E-state index contributed by atoms with van der Waals surface area (Å²) in [4.78, 5) is 2.63. The van der Waals surface area contributed by atoms with Crippen LogP contribution in [0.1, 0.15) is 34.1 Å². The van der Waals surface area contributed by atoms with Gasteiger partial charge in [-0.1, -0.05) is 20.8 Å². The molecule has 3 unspecified atom stereocenters. The summed E-state index contributed by atoms with van der Waals surface area (Å²) in [6.45, 7) is 13.6. The Balaban J connectivity index is 1.96. The highest BCUT2D eigenvalue weighted by atomic mass is 16.5. The summed E-state index contributed by atoms with van der Waals surface area (Å²) in [5.41, 5.74) is 0.349. The third kappa shape index (κ3) is 2.58. The topological polar surface area (TPSA) is 24.5 Å². The fourth-order valence-electron chi connectivity index (χ4n) is 2.85. The SMILES string of the molecule is CC1OCCC1N1CCNC(C(C)(C)C)C1. The van der Waals surface area contributed by atoms with Crippen molar-refractivity contribution in [1.29, 1.82) is 0 Å². The molecule has 3 nitrogen and oxygen atoms in total. The van der Waals surface area contributed by atoms with Gasteiger partial charge in [-0.3, -0.25) is 4.90 Å². The van der Waals surface area contributed by atoms with Crippen molar-refractivity contribution in [3.05, 3.63) is 0 Å². The summed E-state index contributed by atoms with van der Waals surface area (Å²) < 4.78 is 5.68. The number of rotatable bonds is 1. The van der Waals surface area contributed by atoms with Crippen LogP contribution >= 0.6 is 0 Å². The Kier molecular flexibility index (Phi) is 3.57. The van der Waals surface area contributed by atoms with Crippen molar-refractivity contribution >= 4 is 0 Å². The van der Waals surface area contributed by atoms with E-state index in [1.54, 1.807) is 0 Å². The molecule has 0 bridgehead atoms. The van der Waals surface area contributed by atoms with Gasteiger partial charge in [-0.15, -0.1) is 0 Å². The van der Waals surface area contributed by atoms with Gasteiger partial charge in [0, 0.05) is 38.3 Å². The molecule has 0 aromatic carbocycles. The summed E-state index contributed by atoms with van der Waals surface area (Å²) in [6, 6.07) is 1.25. The van der Waals surface area contributed by atoms with Crippen molar-refractivity contribution in [3.8, 4) is 0 Å². The third-order valence-electron chi connectivity index (χ3n) is 4.06. The molecule has 0 spiro atoms. The van der Waals surface area contributed by atoms with Gasteiger partial charge in [0.2, 0.25) is 0 Å². The van der Waals surface area contributed by atoms with Crippen LogP contribution < -0.4 is 5.32 Å². The van der Waals surface area contributed by atoms with Gasteiger partial charge < -0.3 is 10.1 Å². The van der Waals surface area contributed by atoms with Gasteiger partial charge in [0.05, 0.1) is 6.10 Å². The molecule has 0 aromatic rings. The second-order valence-electron chi connectivity index (χ2n) is 6.30. The highest BCUT2D eigenvalue weighted by Gasteiger charge is 2.36. The quantitative estimate of drug-likeness (QED) is 0.733. The lowest BCUT2D eigenvalue weighted by Gasteiger charge is -2.43. The molecule has 2 rings (SSSR count). The molecule has 0 saturated carbocycles. The van der Waals surface area contributed by atoms with Crippen LogP contribution in [0.15, 0.2) is 0 Å². The van der Waals surface area contributed by atoms with E-state index in [1.165, 1.54) is 19.5 Å². The van der Waals surface area contributed by atoms with Crippen LogP contribution in [0.2, 0.25) is 0 Å². The van der Waals surface area contributed by atoms with Crippen LogP contribution in [0.4, 0.5) is 0 Å². The number of hydrogen-bond acceptors (Lipinski definition) is 3. The van der Waals surface area contributed by atoms with Gasteiger partial charge in [-0.25, -0.2) is 0 Å². The maximum Gasteiger partial charge on any atom is 0.0703 e. The maximum absolute atomic E-state index is 5.68. The van der Waals surface area contributed by atoms with Crippen molar-refractivity contribution in [3.63, 3.8) is 0 Å². The van der Waals surface area contributed by atoms with E-state index >= 15 is 0 Å². The molecule has 1 N–H and O–H groups in total. The van der Waals surface area contributed by atoms with Crippen molar-refractivity contribution in [1.82, 2.24) is 10.2 Å². The Bertz CT molecular complexity index is 237. The lowest BCUT2D eigenvalue weighted by molar-refractivity contribution is 0.0462. The highest BCUT2D eigenvalue weighted by molar-refractivity contribution is 4.92. The van der Waals surface area contributed by atoms with E-state index in [-0.39, 0.29) is 0 Å². The van der Waals surface area contributed by atoms with E-state index in [0.717, 1.165) is 13.2 Å². The van der Waals surface area contributed by atoms with E-state index in [4.69, 9.17) is 4.74 Å². The largest absolute Gasteiger partial charge is 0.377 e. The number of ether oxygens (including phenoxy) is 1. The number of piperazine rings is 1. The van der Waals surface area contributed by atoms with E-state index in [0.29, 0.717) is 23.6 Å². The molecule has 2 fully saturated rings. The first-order valence-electron chi connectivity index (χ1n) is 6.57. The molecule has 3 atom stereocenters. The molecular weight excluding hydrogens is 200 g/mol. The van der Waals surface area contributed by atoms with Gasteiger partial charge in [-0.2, -0.15) is 0 Å². The molecular formula is C13H26N2O. The van der Waals surface area contributed by atoms with E-state index in [9.17, 15) is 0 Å². The summed E-state index contributed by atoms with van der Waals surface area (Å²) >= 11 is 0. The maximum atomic E-state index is 5.68. The first-order chi connectivity index (χ1) is 7.48. The average Bonchev–Trinajstić information content (AvgIpc) is 2.63. The van der Waals surface area contributed by atoms with E-state index in [2.05, 4.69) is 37.9 Å². The molecule has 2 aliphatic rings. The number of nitrogens with zero attached hydrogens (tertiary/aromatic N) is 1. The summed E-state index contributed by atoms with van der Waals surface area (Å²) in [6.07, 6.45) is 1.62. The molecule has 0 aliphatic carbocycles. The molecule has 0 radical (unpaired) electrons. The first kappa shape index (κ1) is 12.3. The highest BCUT2D eigenvalue weighted by Crippen LogP contribution is 2.26. The molecule has 0 aromatic heterocycles. The molecule has 16 heavy (non-hydrogen) atoms. The van der Waals surface area contributed by atoms with Crippen molar-refractivity contribution < 1.29 is 4.74 Å². The lowest BCUT2D eigenvalue weighted by Crippen LogP contribution is -2.59. The van der Waals surface area contributed by atoms with Gasteiger partial charge in [0.25, 0.3) is 0 Å². The Hall–Kier alpha value is -0.120. The van der Waals surface area contributed by atoms with Gasteiger partial charge >= 0.3 is 0 Å². The minimum Gasteiger partial charge on any atom is -0.377 e. The van der Waals surface area contributed by atoms with Crippen molar-refractivity contribution in [2.75, 3.05) is 26.2 Å². The zero-order valence-electron chi connectivity index (χ0n) is 11.1. The smallest absolute Gasteiger partial charge is 0.0703 e. The fourth-order valence-corrected chi connectivity index (χ4v) is 2.85. The predicted octanol–water partition coefficient (Wildman–Crippen LogP) is 1.48. The lowest BCUT2D eigenvalue weighted by atomic mass is 9.85. The summed E-state index contributed by atoms with van der Waals surface area (Å²) in [5.74, 6) is 0. The Morgan fingerprint density at radius 1 is 1.31 bits per heavy atom. The third-order valence-corrected chi connectivity index (χ3v) is 4.06. The van der Waals surface area contributed by atoms with Crippen molar-refractivity contribution in [2.24, 2.45) is 5.41 Å². The van der Waals surface area contributed by atoms with Crippen LogP contribution in [0.25, 0.3) is 0 Å². The number of hydrogen-bond donors (Lipinski definition) is 1. The van der Waals surface area contributed by atoms with Crippen LogP contribution in [0.5, 0.6) is 0 Å². The Morgan fingerprint density at radius 3 is 2.62 bits per heavy atom. The Morgan fingerprint density at radius 2 is 2.06 bits per heavy atom. The first-order valence-corrected chi connectivity index (χ1v) is 6.57. The molecule has 3 heteroatoms. The zero-order chi connectivity index (χ0) is 11.8. The molecule has 2 saturated heterocycles. The molecule has 94 valence electrons. The summed E-state index contributed by atoms with van der Waals surface area (Å²) in [7, 11) is 0. The molecule has 2 aliphatic heterocycles. The minimum atomic E-state index is 0.349. The second-order valence-corrected chi connectivity index (χ2v) is 6.30. The predicted molar refractivity (Wildman–Crippen MR) is 66.6 cm³/mol. The molecule has 0 amide bonds. The number of nitrogens with one attached hydrogen (secondary N) is 1. The van der Waals surface area contributed by atoms with E-state index < -0.39 is 0 Å².